The minimum absolute atomic E-state index is 0.0398. The van der Waals surface area contributed by atoms with Crippen LogP contribution in [0.3, 0.4) is 0 Å². The second kappa shape index (κ2) is 4.96. The lowest BCUT2D eigenvalue weighted by atomic mass is 10.2. The SMILES string of the molecule is COc1ccc(C(=O)NC2CCCC2)cn1. The number of nitrogens with zero attached hydrogens (tertiary/aromatic N) is 1. The van der Waals surface area contributed by atoms with Gasteiger partial charge in [-0.1, -0.05) is 12.8 Å². The Bertz CT molecular complexity index is 356. The number of rotatable bonds is 3. The highest BCUT2D eigenvalue weighted by molar-refractivity contribution is 5.94. The highest BCUT2D eigenvalue weighted by atomic mass is 16.5. The largest absolute Gasteiger partial charge is 0.481 e. The van der Waals surface area contributed by atoms with Gasteiger partial charge in [0.15, 0.2) is 0 Å². The standard InChI is InChI=1S/C12H16N2O2/c1-16-11-7-6-9(8-13-11)12(15)14-10-4-2-3-5-10/h6-8,10H,2-5H2,1H3,(H,14,15). The van der Waals surface area contributed by atoms with Gasteiger partial charge in [0.05, 0.1) is 12.7 Å². The molecule has 1 saturated carbocycles. The van der Waals surface area contributed by atoms with Gasteiger partial charge in [-0.3, -0.25) is 4.79 Å². The first-order chi connectivity index (χ1) is 7.79. The quantitative estimate of drug-likeness (QED) is 0.844. The predicted molar refractivity (Wildman–Crippen MR) is 60.5 cm³/mol. The molecule has 86 valence electrons. The molecule has 2 rings (SSSR count). The zero-order chi connectivity index (χ0) is 11.4. The summed E-state index contributed by atoms with van der Waals surface area (Å²) in [6.07, 6.45) is 6.16. The van der Waals surface area contributed by atoms with E-state index in [1.807, 2.05) is 0 Å². The van der Waals surface area contributed by atoms with Crippen LogP contribution in [-0.2, 0) is 0 Å². The first-order valence-electron chi connectivity index (χ1n) is 5.60. The number of carbonyl (C=O) groups excluding carboxylic acids is 1. The second-order valence-corrected chi connectivity index (χ2v) is 4.04. The fraction of sp³-hybridized carbons (Fsp3) is 0.500. The summed E-state index contributed by atoms with van der Waals surface area (Å²) in [5, 5.41) is 3.01. The van der Waals surface area contributed by atoms with Crippen molar-refractivity contribution < 1.29 is 9.53 Å². The van der Waals surface area contributed by atoms with Crippen LogP contribution in [0.1, 0.15) is 36.0 Å². The maximum Gasteiger partial charge on any atom is 0.253 e. The Morgan fingerprint density at radius 2 is 2.19 bits per heavy atom. The third-order valence-electron chi connectivity index (χ3n) is 2.90. The van der Waals surface area contributed by atoms with Crippen molar-refractivity contribution in [3.63, 3.8) is 0 Å². The molecule has 1 aliphatic rings. The molecule has 0 radical (unpaired) electrons. The molecule has 1 aromatic heterocycles. The number of ether oxygens (including phenoxy) is 1. The van der Waals surface area contributed by atoms with Crippen LogP contribution < -0.4 is 10.1 Å². The highest BCUT2D eigenvalue weighted by Crippen LogP contribution is 2.18. The van der Waals surface area contributed by atoms with Gasteiger partial charge in [0.2, 0.25) is 5.88 Å². The first kappa shape index (κ1) is 10.9. The number of amides is 1. The number of pyridine rings is 1. The van der Waals surface area contributed by atoms with Crippen molar-refractivity contribution in [2.75, 3.05) is 7.11 Å². The predicted octanol–water partition coefficient (Wildman–Crippen LogP) is 1.76. The molecule has 16 heavy (non-hydrogen) atoms. The van der Waals surface area contributed by atoms with E-state index in [-0.39, 0.29) is 5.91 Å². The van der Waals surface area contributed by atoms with E-state index in [4.69, 9.17) is 4.74 Å². The lowest BCUT2D eigenvalue weighted by Gasteiger charge is -2.11. The summed E-state index contributed by atoms with van der Waals surface area (Å²) in [6.45, 7) is 0. The monoisotopic (exact) mass is 220 g/mol. The highest BCUT2D eigenvalue weighted by Gasteiger charge is 2.17. The molecule has 0 atom stereocenters. The fourth-order valence-electron chi connectivity index (χ4n) is 1.97. The Morgan fingerprint density at radius 1 is 1.44 bits per heavy atom. The Hall–Kier alpha value is -1.58. The molecular formula is C12H16N2O2. The van der Waals surface area contributed by atoms with Crippen LogP contribution in [0.15, 0.2) is 18.3 Å². The summed E-state index contributed by atoms with van der Waals surface area (Å²) < 4.78 is 4.94. The molecule has 4 nitrogen and oxygen atoms in total. The van der Waals surface area contributed by atoms with Crippen LogP contribution >= 0.6 is 0 Å². The van der Waals surface area contributed by atoms with Crippen LogP contribution in [0, 0.1) is 0 Å². The van der Waals surface area contributed by atoms with Gasteiger partial charge in [-0.15, -0.1) is 0 Å². The molecular weight excluding hydrogens is 204 g/mol. The van der Waals surface area contributed by atoms with Crippen LogP contribution in [0.2, 0.25) is 0 Å². The Morgan fingerprint density at radius 3 is 2.75 bits per heavy atom. The Labute approximate surface area is 95.0 Å². The van der Waals surface area contributed by atoms with E-state index < -0.39 is 0 Å². The van der Waals surface area contributed by atoms with Crippen LogP contribution in [0.5, 0.6) is 5.88 Å². The van der Waals surface area contributed by atoms with E-state index >= 15 is 0 Å². The van der Waals surface area contributed by atoms with E-state index in [0.717, 1.165) is 12.8 Å². The van der Waals surface area contributed by atoms with Crippen LogP contribution in [-0.4, -0.2) is 24.0 Å². The first-order valence-corrected chi connectivity index (χ1v) is 5.60. The third kappa shape index (κ3) is 2.51. The molecule has 0 bridgehead atoms. The van der Waals surface area contributed by atoms with Crippen molar-refractivity contribution in [3.05, 3.63) is 23.9 Å². The second-order valence-electron chi connectivity index (χ2n) is 4.04. The number of aromatic nitrogens is 1. The maximum absolute atomic E-state index is 11.8. The van der Waals surface area contributed by atoms with E-state index in [1.165, 1.54) is 12.8 Å². The smallest absolute Gasteiger partial charge is 0.253 e. The summed E-state index contributed by atoms with van der Waals surface area (Å²) in [5.74, 6) is 0.486. The zero-order valence-electron chi connectivity index (χ0n) is 9.40. The minimum atomic E-state index is -0.0398. The number of carbonyl (C=O) groups is 1. The van der Waals surface area contributed by atoms with Gasteiger partial charge in [0, 0.05) is 18.3 Å². The molecule has 0 spiro atoms. The number of nitrogens with one attached hydrogen (secondary N) is 1. The van der Waals surface area contributed by atoms with E-state index in [9.17, 15) is 4.79 Å². The number of hydrogen-bond acceptors (Lipinski definition) is 3. The van der Waals surface area contributed by atoms with Crippen molar-refractivity contribution in [2.45, 2.75) is 31.7 Å². The van der Waals surface area contributed by atoms with Gasteiger partial charge in [-0.25, -0.2) is 4.98 Å². The van der Waals surface area contributed by atoms with Crippen LogP contribution in [0.25, 0.3) is 0 Å². The van der Waals surface area contributed by atoms with Gasteiger partial charge in [-0.2, -0.15) is 0 Å². The van der Waals surface area contributed by atoms with E-state index in [1.54, 1.807) is 25.4 Å². The van der Waals surface area contributed by atoms with Gasteiger partial charge in [-0.05, 0) is 18.9 Å². The lowest BCUT2D eigenvalue weighted by Crippen LogP contribution is -2.32. The summed E-state index contributed by atoms with van der Waals surface area (Å²) >= 11 is 0. The molecule has 1 fully saturated rings. The van der Waals surface area contributed by atoms with Gasteiger partial charge < -0.3 is 10.1 Å². The fourth-order valence-corrected chi connectivity index (χ4v) is 1.97. The molecule has 0 saturated heterocycles. The molecule has 0 aromatic carbocycles. The molecule has 0 unspecified atom stereocenters. The van der Waals surface area contributed by atoms with Gasteiger partial charge in [0.25, 0.3) is 5.91 Å². The topological polar surface area (TPSA) is 51.2 Å². The summed E-state index contributed by atoms with van der Waals surface area (Å²) in [4.78, 5) is 15.8. The van der Waals surface area contributed by atoms with Gasteiger partial charge in [0.1, 0.15) is 0 Å². The number of hydrogen-bond donors (Lipinski definition) is 1. The van der Waals surface area contributed by atoms with Gasteiger partial charge >= 0.3 is 0 Å². The molecule has 4 heteroatoms. The minimum Gasteiger partial charge on any atom is -0.481 e. The zero-order valence-corrected chi connectivity index (χ0v) is 9.40. The molecule has 1 amide bonds. The van der Waals surface area contributed by atoms with E-state index in [2.05, 4.69) is 10.3 Å². The molecule has 1 aromatic rings. The third-order valence-corrected chi connectivity index (χ3v) is 2.90. The average Bonchev–Trinajstić information content (AvgIpc) is 2.82. The van der Waals surface area contributed by atoms with Crippen molar-refractivity contribution in [2.24, 2.45) is 0 Å². The van der Waals surface area contributed by atoms with E-state index in [0.29, 0.717) is 17.5 Å². The molecule has 0 aliphatic heterocycles. The summed E-state index contributed by atoms with van der Waals surface area (Å²) in [6, 6.07) is 3.77. The maximum atomic E-state index is 11.8. The van der Waals surface area contributed by atoms with Crippen molar-refractivity contribution in [1.82, 2.24) is 10.3 Å². The Kier molecular flexibility index (Phi) is 3.39. The van der Waals surface area contributed by atoms with Crippen molar-refractivity contribution in [1.29, 1.82) is 0 Å². The average molecular weight is 220 g/mol. The normalized spacial score (nSPS) is 16.1. The van der Waals surface area contributed by atoms with Crippen molar-refractivity contribution in [3.8, 4) is 5.88 Å². The number of methoxy groups -OCH3 is 1. The summed E-state index contributed by atoms with van der Waals surface area (Å²) in [5.41, 5.74) is 0.590. The Balaban J connectivity index is 1.97. The summed E-state index contributed by atoms with van der Waals surface area (Å²) in [7, 11) is 1.56. The van der Waals surface area contributed by atoms with Crippen molar-refractivity contribution >= 4 is 5.91 Å². The lowest BCUT2D eigenvalue weighted by molar-refractivity contribution is 0.0937. The van der Waals surface area contributed by atoms with Crippen LogP contribution in [0.4, 0.5) is 0 Å². The molecule has 1 aliphatic carbocycles. The molecule has 1 heterocycles. The molecule has 1 N–H and O–H groups in total.